The average molecular weight is 588 g/mol. The first kappa shape index (κ1) is 30.8. The van der Waals surface area contributed by atoms with Crippen molar-refractivity contribution in [1.82, 2.24) is 10.2 Å². The molecule has 0 aromatic heterocycles. The monoisotopic (exact) mass is 587 g/mol. The Balaban J connectivity index is 2.07. The minimum absolute atomic E-state index is 0.00330. The number of nitrogens with zero attached hydrogens (tertiary/aromatic N) is 2. The number of nitrogens with one attached hydrogen (secondary N) is 1. The van der Waals surface area contributed by atoms with Gasteiger partial charge in [0.25, 0.3) is 0 Å². The van der Waals surface area contributed by atoms with Crippen LogP contribution in [0.3, 0.4) is 0 Å². The van der Waals surface area contributed by atoms with E-state index in [-0.39, 0.29) is 24.6 Å². The van der Waals surface area contributed by atoms with Gasteiger partial charge in [0.15, 0.2) is 11.5 Å². The number of hydrogen-bond donors (Lipinski definition) is 1. The molecule has 3 aromatic carbocycles. The molecule has 0 aliphatic carbocycles. The molecule has 214 valence electrons. The van der Waals surface area contributed by atoms with E-state index in [1.165, 1.54) is 31.3 Å². The molecule has 0 radical (unpaired) electrons. The van der Waals surface area contributed by atoms with Gasteiger partial charge in [-0.05, 0) is 36.2 Å². The molecule has 0 aliphatic rings. The van der Waals surface area contributed by atoms with Crippen LogP contribution >= 0.6 is 11.6 Å². The Kier molecular flexibility index (Phi) is 10.8. The summed E-state index contributed by atoms with van der Waals surface area (Å²) in [5.41, 5.74) is 1.68. The number of sulfonamides is 1. The molecule has 0 aliphatic heterocycles. The Bertz CT molecular complexity index is 1420. The number of anilines is 1. The number of likely N-dealkylation sites (N-methyl/N-ethyl adjacent to an activating group) is 1. The van der Waals surface area contributed by atoms with Crippen LogP contribution in [-0.2, 0) is 32.6 Å². The lowest BCUT2D eigenvalue weighted by molar-refractivity contribution is -0.140. The number of rotatable bonds is 13. The fourth-order valence-corrected chi connectivity index (χ4v) is 5.29. The second kappa shape index (κ2) is 14.0. The Morgan fingerprint density at radius 2 is 1.60 bits per heavy atom. The van der Waals surface area contributed by atoms with Gasteiger partial charge in [-0.15, -0.1) is 0 Å². The van der Waals surface area contributed by atoms with Crippen molar-refractivity contribution in [2.24, 2.45) is 0 Å². The molecule has 1 atom stereocenters. The van der Waals surface area contributed by atoms with Crippen LogP contribution in [0.2, 0.25) is 5.02 Å². The number of benzene rings is 3. The summed E-state index contributed by atoms with van der Waals surface area (Å²) in [6.45, 7) is 1.60. The first-order valence-corrected chi connectivity index (χ1v) is 14.9. The predicted molar refractivity (Wildman–Crippen MR) is 156 cm³/mol. The summed E-state index contributed by atoms with van der Waals surface area (Å²) in [7, 11) is -1.02. The molecule has 0 saturated carbocycles. The van der Waals surface area contributed by atoms with Crippen molar-refractivity contribution in [1.29, 1.82) is 0 Å². The number of carbonyl (C=O) groups is 2. The van der Waals surface area contributed by atoms with Crippen molar-refractivity contribution in [2.75, 3.05) is 37.9 Å². The highest BCUT2D eigenvalue weighted by molar-refractivity contribution is 7.92. The summed E-state index contributed by atoms with van der Waals surface area (Å²) in [4.78, 5) is 28.8. The van der Waals surface area contributed by atoms with E-state index in [2.05, 4.69) is 5.32 Å². The van der Waals surface area contributed by atoms with E-state index >= 15 is 0 Å². The number of halogens is 1. The maximum atomic E-state index is 14.0. The van der Waals surface area contributed by atoms with Gasteiger partial charge >= 0.3 is 0 Å². The van der Waals surface area contributed by atoms with Gasteiger partial charge in [0.2, 0.25) is 21.8 Å². The third-order valence-electron chi connectivity index (χ3n) is 6.25. The standard InChI is InChI=1S/C29H34ClN3O6S/c1-5-31-29(35)25(17-21-11-7-6-8-12-21)32(19-22-13-9-10-14-24(22)30)28(34)20-33(40(4,36)37)23-15-16-26(38-2)27(18-23)39-3/h6-16,18,25H,5,17,19-20H2,1-4H3,(H,31,35). The van der Waals surface area contributed by atoms with Gasteiger partial charge in [-0.3, -0.25) is 13.9 Å². The molecule has 9 nitrogen and oxygen atoms in total. The molecular formula is C29H34ClN3O6S. The minimum Gasteiger partial charge on any atom is -0.493 e. The van der Waals surface area contributed by atoms with E-state index in [1.807, 2.05) is 30.3 Å². The molecule has 3 aromatic rings. The molecule has 0 bridgehead atoms. The SMILES string of the molecule is CCNC(=O)C(Cc1ccccc1)N(Cc1ccccc1Cl)C(=O)CN(c1ccc(OC)c(OC)c1)S(C)(=O)=O. The number of methoxy groups -OCH3 is 2. The van der Waals surface area contributed by atoms with Crippen LogP contribution in [0.25, 0.3) is 0 Å². The van der Waals surface area contributed by atoms with Gasteiger partial charge in [-0.25, -0.2) is 8.42 Å². The Hall–Kier alpha value is -3.76. The van der Waals surface area contributed by atoms with Crippen LogP contribution in [0.1, 0.15) is 18.1 Å². The maximum Gasteiger partial charge on any atom is 0.244 e. The second-order valence-corrected chi connectivity index (χ2v) is 11.3. The smallest absolute Gasteiger partial charge is 0.244 e. The predicted octanol–water partition coefficient (Wildman–Crippen LogP) is 3.90. The highest BCUT2D eigenvalue weighted by Crippen LogP contribution is 2.32. The van der Waals surface area contributed by atoms with Gasteiger partial charge in [0, 0.05) is 30.6 Å². The number of ether oxygens (including phenoxy) is 2. The van der Waals surface area contributed by atoms with Crippen LogP contribution < -0.4 is 19.1 Å². The Morgan fingerprint density at radius 1 is 0.950 bits per heavy atom. The quantitative estimate of drug-likeness (QED) is 0.325. The summed E-state index contributed by atoms with van der Waals surface area (Å²) < 4.78 is 37.5. The van der Waals surface area contributed by atoms with E-state index in [0.717, 1.165) is 16.1 Å². The van der Waals surface area contributed by atoms with Gasteiger partial charge in [-0.2, -0.15) is 0 Å². The summed E-state index contributed by atoms with van der Waals surface area (Å²) in [5.74, 6) is -0.222. The Morgan fingerprint density at radius 3 is 2.20 bits per heavy atom. The van der Waals surface area contributed by atoms with Crippen LogP contribution in [0.4, 0.5) is 5.69 Å². The van der Waals surface area contributed by atoms with E-state index in [9.17, 15) is 18.0 Å². The molecule has 0 fully saturated rings. The molecule has 3 rings (SSSR count). The van der Waals surface area contributed by atoms with Crippen molar-refractivity contribution in [3.8, 4) is 11.5 Å². The van der Waals surface area contributed by atoms with Gasteiger partial charge in [0.1, 0.15) is 12.6 Å². The van der Waals surface area contributed by atoms with E-state index < -0.39 is 28.5 Å². The molecule has 1 N–H and O–H groups in total. The van der Waals surface area contributed by atoms with E-state index in [0.29, 0.717) is 28.6 Å². The van der Waals surface area contributed by atoms with Gasteiger partial charge in [-0.1, -0.05) is 60.1 Å². The fraction of sp³-hybridized carbons (Fsp3) is 0.310. The highest BCUT2D eigenvalue weighted by Gasteiger charge is 2.33. The lowest BCUT2D eigenvalue weighted by Crippen LogP contribution is -2.53. The molecule has 2 amide bonds. The highest BCUT2D eigenvalue weighted by atomic mass is 35.5. The average Bonchev–Trinajstić information content (AvgIpc) is 2.94. The summed E-state index contributed by atoms with van der Waals surface area (Å²) in [6, 6.07) is 20.0. The van der Waals surface area contributed by atoms with Crippen molar-refractivity contribution < 1.29 is 27.5 Å². The maximum absolute atomic E-state index is 14.0. The van der Waals surface area contributed by atoms with Crippen molar-refractivity contribution in [2.45, 2.75) is 25.9 Å². The third-order valence-corrected chi connectivity index (χ3v) is 7.76. The first-order valence-electron chi connectivity index (χ1n) is 12.6. The first-order chi connectivity index (χ1) is 19.1. The third kappa shape index (κ3) is 7.89. The Labute approximate surface area is 240 Å². The molecule has 11 heteroatoms. The van der Waals surface area contributed by atoms with Crippen molar-refractivity contribution in [3.05, 3.63) is 88.9 Å². The molecule has 1 unspecified atom stereocenters. The molecule has 0 heterocycles. The van der Waals surface area contributed by atoms with Crippen LogP contribution in [0.5, 0.6) is 11.5 Å². The van der Waals surface area contributed by atoms with Gasteiger partial charge < -0.3 is 19.7 Å². The van der Waals surface area contributed by atoms with Crippen LogP contribution in [-0.4, -0.2) is 64.7 Å². The molecular weight excluding hydrogens is 554 g/mol. The van der Waals surface area contributed by atoms with Crippen molar-refractivity contribution >= 4 is 39.1 Å². The lowest BCUT2D eigenvalue weighted by atomic mass is 10.0. The van der Waals surface area contributed by atoms with E-state index in [1.54, 1.807) is 37.3 Å². The van der Waals surface area contributed by atoms with Crippen LogP contribution in [0, 0.1) is 0 Å². The molecule has 40 heavy (non-hydrogen) atoms. The summed E-state index contributed by atoms with van der Waals surface area (Å²) in [5, 5.41) is 3.24. The minimum atomic E-state index is -3.92. The van der Waals surface area contributed by atoms with Crippen molar-refractivity contribution in [3.63, 3.8) is 0 Å². The summed E-state index contributed by atoms with van der Waals surface area (Å²) in [6.07, 6.45) is 1.23. The zero-order valence-corrected chi connectivity index (χ0v) is 24.5. The zero-order chi connectivity index (χ0) is 29.3. The number of hydrogen-bond acceptors (Lipinski definition) is 6. The van der Waals surface area contributed by atoms with E-state index in [4.69, 9.17) is 21.1 Å². The van der Waals surface area contributed by atoms with Crippen LogP contribution in [0.15, 0.2) is 72.8 Å². The largest absolute Gasteiger partial charge is 0.493 e. The topological polar surface area (TPSA) is 105 Å². The summed E-state index contributed by atoms with van der Waals surface area (Å²) >= 11 is 6.44. The fourth-order valence-electron chi connectivity index (χ4n) is 4.25. The number of carbonyl (C=O) groups excluding carboxylic acids is 2. The normalized spacial score (nSPS) is 11.8. The number of amides is 2. The van der Waals surface area contributed by atoms with Gasteiger partial charge in [0.05, 0.1) is 26.2 Å². The zero-order valence-electron chi connectivity index (χ0n) is 23.0. The molecule has 0 spiro atoms. The lowest BCUT2D eigenvalue weighted by Gasteiger charge is -2.33. The second-order valence-electron chi connectivity index (χ2n) is 9.02. The molecule has 0 saturated heterocycles.